The molecule has 0 saturated carbocycles. The molecule has 0 atom stereocenters. The molecule has 9 heteroatoms. The van der Waals surface area contributed by atoms with Crippen LogP contribution < -0.4 is 11.1 Å². The molecule has 0 unspecified atom stereocenters. The minimum atomic E-state index is -0.494. The molecule has 0 aliphatic carbocycles. The summed E-state index contributed by atoms with van der Waals surface area (Å²) in [4.78, 5) is 31.2. The van der Waals surface area contributed by atoms with E-state index in [1.165, 1.54) is 0 Å². The van der Waals surface area contributed by atoms with Crippen LogP contribution in [0.1, 0.15) is 78.8 Å². The largest absolute Gasteiger partial charge is 0.444 e. The van der Waals surface area contributed by atoms with Crippen molar-refractivity contribution in [1.82, 2.24) is 20.0 Å². The lowest BCUT2D eigenvalue weighted by Crippen LogP contribution is -2.34. The maximum absolute atomic E-state index is 13.2. The molecular weight excluding hydrogens is 420 g/mol. The Morgan fingerprint density at radius 3 is 2.52 bits per heavy atom. The number of nitrogens with two attached hydrogens (primary N) is 1. The lowest BCUT2D eigenvalue weighted by Gasteiger charge is -2.22. The van der Waals surface area contributed by atoms with Crippen LogP contribution >= 0.6 is 0 Å². The minimum Gasteiger partial charge on any atom is -0.444 e. The number of carbonyl (C=O) groups excluding carboxylic acids is 2. The van der Waals surface area contributed by atoms with Gasteiger partial charge in [-0.05, 0) is 59.0 Å². The van der Waals surface area contributed by atoms with Crippen LogP contribution in [0.2, 0.25) is 0 Å². The first kappa shape index (κ1) is 26.4. The summed E-state index contributed by atoms with van der Waals surface area (Å²) in [5, 5.41) is 7.24. The number of fused-ring (bicyclic) bond motifs is 1. The fourth-order valence-corrected chi connectivity index (χ4v) is 3.67. The lowest BCUT2D eigenvalue weighted by atomic mass is 10.1. The third-order valence-electron chi connectivity index (χ3n) is 5.07. The van der Waals surface area contributed by atoms with Gasteiger partial charge in [-0.2, -0.15) is 5.10 Å². The summed E-state index contributed by atoms with van der Waals surface area (Å²) in [7, 11) is 0. The SMILES string of the molecule is CCCN(CCC)C(=O)C1=Cc2c(cnn2CCCCCNC(=O)OC(C)(C)C)N=C(N)C1. The van der Waals surface area contributed by atoms with Crippen molar-refractivity contribution in [2.75, 3.05) is 19.6 Å². The highest BCUT2D eigenvalue weighted by molar-refractivity contribution is 6.05. The van der Waals surface area contributed by atoms with Gasteiger partial charge in [0.2, 0.25) is 5.91 Å². The number of aliphatic imine (C=N–C) groups is 1. The molecule has 0 bridgehead atoms. The highest BCUT2D eigenvalue weighted by Crippen LogP contribution is 2.27. The predicted molar refractivity (Wildman–Crippen MR) is 131 cm³/mol. The number of nitrogens with zero attached hydrogens (tertiary/aromatic N) is 4. The number of unbranched alkanes of at least 4 members (excludes halogenated alkanes) is 2. The van der Waals surface area contributed by atoms with Crippen LogP contribution in [0.15, 0.2) is 16.8 Å². The van der Waals surface area contributed by atoms with Crippen LogP contribution in [0, 0.1) is 0 Å². The summed E-state index contributed by atoms with van der Waals surface area (Å²) in [6.45, 7) is 12.4. The predicted octanol–water partition coefficient (Wildman–Crippen LogP) is 4.00. The van der Waals surface area contributed by atoms with Gasteiger partial charge in [-0.3, -0.25) is 9.48 Å². The van der Waals surface area contributed by atoms with E-state index in [0.717, 1.165) is 50.9 Å². The summed E-state index contributed by atoms with van der Waals surface area (Å²) < 4.78 is 7.12. The Morgan fingerprint density at radius 2 is 1.88 bits per heavy atom. The van der Waals surface area contributed by atoms with E-state index in [4.69, 9.17) is 10.5 Å². The average molecular weight is 461 g/mol. The van der Waals surface area contributed by atoms with Gasteiger partial charge >= 0.3 is 6.09 Å². The van der Waals surface area contributed by atoms with E-state index in [1.54, 1.807) is 6.20 Å². The molecule has 1 aromatic heterocycles. The number of ether oxygens (including phenoxy) is 1. The number of amides is 2. The summed E-state index contributed by atoms with van der Waals surface area (Å²) >= 11 is 0. The van der Waals surface area contributed by atoms with Crippen LogP contribution in [0.3, 0.4) is 0 Å². The highest BCUT2D eigenvalue weighted by atomic mass is 16.6. The van der Waals surface area contributed by atoms with Gasteiger partial charge in [0.25, 0.3) is 0 Å². The van der Waals surface area contributed by atoms with Gasteiger partial charge in [-0.25, -0.2) is 9.79 Å². The number of nitrogens with one attached hydrogen (secondary N) is 1. The van der Waals surface area contributed by atoms with Crippen LogP contribution in [-0.2, 0) is 16.1 Å². The normalized spacial score (nSPS) is 13.5. The maximum atomic E-state index is 13.2. The molecule has 184 valence electrons. The fourth-order valence-electron chi connectivity index (χ4n) is 3.67. The van der Waals surface area contributed by atoms with Gasteiger partial charge in [-0.1, -0.05) is 13.8 Å². The van der Waals surface area contributed by atoms with E-state index in [9.17, 15) is 9.59 Å². The van der Waals surface area contributed by atoms with E-state index in [2.05, 4.69) is 29.3 Å². The number of hydrogen-bond acceptors (Lipinski definition) is 6. The summed E-state index contributed by atoms with van der Waals surface area (Å²) in [6.07, 6.45) is 8.03. The van der Waals surface area contributed by atoms with Crippen molar-refractivity contribution in [3.05, 3.63) is 17.5 Å². The van der Waals surface area contributed by atoms with Crippen molar-refractivity contribution in [2.45, 2.75) is 85.3 Å². The number of alkyl carbamates (subject to hydrolysis) is 1. The van der Waals surface area contributed by atoms with Crippen molar-refractivity contribution in [3.63, 3.8) is 0 Å². The summed E-state index contributed by atoms with van der Waals surface area (Å²) in [5.74, 6) is 0.444. The topological polar surface area (TPSA) is 115 Å². The van der Waals surface area contributed by atoms with Gasteiger partial charge in [0.05, 0.1) is 11.9 Å². The van der Waals surface area contributed by atoms with E-state index in [-0.39, 0.29) is 5.91 Å². The Kier molecular flexibility index (Phi) is 9.94. The van der Waals surface area contributed by atoms with Gasteiger partial charge in [0.15, 0.2) is 0 Å². The Bertz CT molecular complexity index is 860. The second kappa shape index (κ2) is 12.4. The molecule has 33 heavy (non-hydrogen) atoms. The van der Waals surface area contributed by atoms with Gasteiger partial charge in [0, 0.05) is 38.2 Å². The van der Waals surface area contributed by atoms with Crippen molar-refractivity contribution < 1.29 is 14.3 Å². The molecule has 1 aromatic rings. The second-order valence-electron chi connectivity index (χ2n) is 9.37. The van der Waals surface area contributed by atoms with Gasteiger partial charge in [-0.15, -0.1) is 0 Å². The quantitative estimate of drug-likeness (QED) is 0.484. The van der Waals surface area contributed by atoms with Gasteiger partial charge < -0.3 is 20.7 Å². The molecule has 9 nitrogen and oxygen atoms in total. The van der Waals surface area contributed by atoms with Crippen LogP contribution in [0.5, 0.6) is 0 Å². The number of aryl methyl sites for hydroxylation is 1. The molecule has 0 fully saturated rings. The molecule has 1 aliphatic rings. The molecule has 2 rings (SSSR count). The maximum Gasteiger partial charge on any atom is 0.407 e. The molecule has 3 N–H and O–H groups in total. The van der Waals surface area contributed by atoms with Gasteiger partial charge in [0.1, 0.15) is 17.1 Å². The zero-order valence-corrected chi connectivity index (χ0v) is 20.8. The van der Waals surface area contributed by atoms with Crippen molar-refractivity contribution >= 4 is 29.6 Å². The van der Waals surface area contributed by atoms with Crippen LogP contribution in [-0.4, -0.2) is 57.8 Å². The van der Waals surface area contributed by atoms with Crippen molar-refractivity contribution in [3.8, 4) is 0 Å². The number of rotatable bonds is 11. The summed E-state index contributed by atoms with van der Waals surface area (Å²) in [6, 6.07) is 0. The molecule has 2 heterocycles. The Morgan fingerprint density at radius 1 is 1.18 bits per heavy atom. The number of carbonyl (C=O) groups is 2. The zero-order chi connectivity index (χ0) is 24.4. The van der Waals surface area contributed by atoms with Crippen molar-refractivity contribution in [2.24, 2.45) is 10.7 Å². The third kappa shape index (κ3) is 8.55. The molecule has 0 aromatic carbocycles. The summed E-state index contributed by atoms with van der Waals surface area (Å²) in [5.41, 5.74) is 7.78. The lowest BCUT2D eigenvalue weighted by molar-refractivity contribution is -0.127. The third-order valence-corrected chi connectivity index (χ3v) is 5.07. The number of aromatic nitrogens is 2. The molecular formula is C24H40N6O3. The first-order valence-corrected chi connectivity index (χ1v) is 12.0. The Balaban J connectivity index is 1.97. The standard InChI is InChI=1S/C24H40N6O3/c1-6-12-29(13-7-2)22(31)18-15-20-19(28-21(25)16-18)17-27-30(20)14-10-8-9-11-26-23(32)33-24(3,4)5/h15,17H,6-14,16H2,1-5H3,(H2,25,28)(H,26,32). The fraction of sp³-hybridized carbons (Fsp3) is 0.667. The monoisotopic (exact) mass is 460 g/mol. The molecule has 0 spiro atoms. The molecule has 0 radical (unpaired) electrons. The Hall–Kier alpha value is -2.84. The first-order valence-electron chi connectivity index (χ1n) is 12.0. The first-order chi connectivity index (χ1) is 15.6. The molecule has 1 aliphatic heterocycles. The molecule has 2 amide bonds. The zero-order valence-electron chi connectivity index (χ0n) is 20.8. The van der Waals surface area contributed by atoms with E-state index in [1.807, 2.05) is 36.4 Å². The average Bonchev–Trinajstić information content (AvgIpc) is 2.99. The van der Waals surface area contributed by atoms with E-state index < -0.39 is 11.7 Å². The van der Waals surface area contributed by atoms with Crippen LogP contribution in [0.25, 0.3) is 6.08 Å². The van der Waals surface area contributed by atoms with E-state index in [0.29, 0.717) is 36.6 Å². The molecule has 0 saturated heterocycles. The smallest absolute Gasteiger partial charge is 0.407 e. The number of amidine groups is 1. The highest BCUT2D eigenvalue weighted by Gasteiger charge is 2.22. The van der Waals surface area contributed by atoms with Crippen molar-refractivity contribution in [1.29, 1.82) is 0 Å². The Labute approximate surface area is 197 Å². The second-order valence-corrected chi connectivity index (χ2v) is 9.37. The van der Waals surface area contributed by atoms with E-state index >= 15 is 0 Å². The van der Waals surface area contributed by atoms with Crippen LogP contribution in [0.4, 0.5) is 10.5 Å². The minimum absolute atomic E-state index is 0.0191. The number of hydrogen-bond donors (Lipinski definition) is 2.